The Morgan fingerprint density at radius 2 is 2.05 bits per heavy atom. The molecule has 0 saturated heterocycles. The first-order chi connectivity index (χ1) is 8.82. The topological polar surface area (TPSA) is 66.4 Å². The van der Waals surface area contributed by atoms with Crippen LogP contribution in [0, 0.1) is 17.7 Å². The minimum Gasteiger partial charge on any atom is -0.481 e. The lowest BCUT2D eigenvalue weighted by atomic mass is 9.95. The maximum atomic E-state index is 13.4. The lowest BCUT2D eigenvalue weighted by molar-refractivity contribution is -0.148. The van der Waals surface area contributed by atoms with Crippen molar-refractivity contribution >= 4 is 27.8 Å². The third-order valence-corrected chi connectivity index (χ3v) is 3.17. The Morgan fingerprint density at radius 1 is 1.42 bits per heavy atom. The average Bonchev–Trinajstić information content (AvgIpc) is 2.29. The monoisotopic (exact) mass is 331 g/mol. The Labute approximate surface area is 119 Å². The van der Waals surface area contributed by atoms with E-state index in [4.69, 9.17) is 5.11 Å². The van der Waals surface area contributed by atoms with Crippen LogP contribution >= 0.6 is 15.9 Å². The van der Waals surface area contributed by atoms with Gasteiger partial charge >= 0.3 is 5.97 Å². The van der Waals surface area contributed by atoms with E-state index >= 15 is 0 Å². The minimum absolute atomic E-state index is 0.0411. The van der Waals surface area contributed by atoms with Gasteiger partial charge in [0.25, 0.3) is 0 Å². The number of hydrogen-bond acceptors (Lipinski definition) is 2. The molecule has 1 unspecified atom stereocenters. The van der Waals surface area contributed by atoms with Gasteiger partial charge in [0, 0.05) is 16.6 Å². The zero-order valence-corrected chi connectivity index (χ0v) is 12.2. The van der Waals surface area contributed by atoms with E-state index in [0.29, 0.717) is 10.0 Å². The highest BCUT2D eigenvalue weighted by Crippen LogP contribution is 2.16. The van der Waals surface area contributed by atoms with Gasteiger partial charge in [-0.25, -0.2) is 4.39 Å². The summed E-state index contributed by atoms with van der Waals surface area (Å²) in [4.78, 5) is 22.7. The number of carboxylic acids is 1. The Morgan fingerprint density at radius 3 is 2.58 bits per heavy atom. The zero-order valence-electron chi connectivity index (χ0n) is 10.6. The molecule has 0 radical (unpaired) electrons. The van der Waals surface area contributed by atoms with Crippen molar-refractivity contribution in [3.05, 3.63) is 34.1 Å². The van der Waals surface area contributed by atoms with E-state index in [-0.39, 0.29) is 12.5 Å². The predicted octanol–water partition coefficient (Wildman–Crippen LogP) is 2.56. The van der Waals surface area contributed by atoms with Crippen molar-refractivity contribution in [2.75, 3.05) is 0 Å². The molecule has 19 heavy (non-hydrogen) atoms. The van der Waals surface area contributed by atoms with Crippen molar-refractivity contribution < 1.29 is 19.1 Å². The minimum atomic E-state index is -1.18. The van der Waals surface area contributed by atoms with Gasteiger partial charge in [0.05, 0.1) is 0 Å². The van der Waals surface area contributed by atoms with Crippen LogP contribution in [0.1, 0.15) is 19.4 Å². The Balaban J connectivity index is 2.73. The molecule has 6 heteroatoms. The van der Waals surface area contributed by atoms with E-state index < -0.39 is 23.6 Å². The lowest BCUT2D eigenvalue weighted by Crippen LogP contribution is -2.38. The molecular weight excluding hydrogens is 317 g/mol. The van der Waals surface area contributed by atoms with Crippen molar-refractivity contribution in [2.24, 2.45) is 11.8 Å². The molecule has 104 valence electrons. The van der Waals surface area contributed by atoms with Crippen molar-refractivity contribution in [3.8, 4) is 0 Å². The molecule has 1 amide bonds. The summed E-state index contributed by atoms with van der Waals surface area (Å²) >= 11 is 3.21. The van der Waals surface area contributed by atoms with Crippen molar-refractivity contribution in [3.63, 3.8) is 0 Å². The van der Waals surface area contributed by atoms with Crippen LogP contribution in [0.2, 0.25) is 0 Å². The molecule has 1 rings (SSSR count). The fourth-order valence-corrected chi connectivity index (χ4v) is 2.08. The maximum absolute atomic E-state index is 13.4. The molecule has 0 heterocycles. The fraction of sp³-hybridized carbons (Fsp3) is 0.385. The van der Waals surface area contributed by atoms with Crippen LogP contribution in [-0.2, 0) is 16.1 Å². The predicted molar refractivity (Wildman–Crippen MR) is 71.9 cm³/mol. The van der Waals surface area contributed by atoms with E-state index in [1.54, 1.807) is 26.0 Å². The molecule has 4 nitrogen and oxygen atoms in total. The van der Waals surface area contributed by atoms with Crippen LogP contribution in [0.3, 0.4) is 0 Å². The molecule has 0 aliphatic carbocycles. The molecule has 0 bridgehead atoms. The standard InChI is InChI=1S/C13H15BrFNO3/c1-7(2)11(13(18)19)12(17)16-6-8-5-9(14)3-4-10(8)15/h3-5,7,11H,6H2,1-2H3,(H,16,17)(H,18,19). The molecule has 0 spiro atoms. The second-order valence-electron chi connectivity index (χ2n) is 4.51. The van der Waals surface area contributed by atoms with Gasteiger partial charge in [-0.05, 0) is 24.1 Å². The molecule has 0 aliphatic rings. The maximum Gasteiger partial charge on any atom is 0.316 e. The number of halogens is 2. The first-order valence-corrected chi connectivity index (χ1v) is 6.56. The summed E-state index contributed by atoms with van der Waals surface area (Å²) < 4.78 is 14.1. The number of carbonyl (C=O) groups is 2. The largest absolute Gasteiger partial charge is 0.481 e. The summed E-state index contributed by atoms with van der Waals surface area (Å²) in [5, 5.41) is 11.4. The third kappa shape index (κ3) is 4.31. The molecule has 0 aliphatic heterocycles. The second kappa shape index (κ2) is 6.65. The highest BCUT2D eigenvalue weighted by Gasteiger charge is 2.29. The Kier molecular flexibility index (Phi) is 5.47. The summed E-state index contributed by atoms with van der Waals surface area (Å²) in [6.45, 7) is 3.26. The number of nitrogens with one attached hydrogen (secondary N) is 1. The van der Waals surface area contributed by atoms with E-state index in [1.807, 2.05) is 0 Å². The summed E-state index contributed by atoms with van der Waals surface area (Å²) in [6, 6.07) is 4.37. The molecular formula is C13H15BrFNO3. The second-order valence-corrected chi connectivity index (χ2v) is 5.43. The number of carboxylic acid groups (broad SMARTS) is 1. The number of hydrogen-bond donors (Lipinski definition) is 2. The SMILES string of the molecule is CC(C)C(C(=O)O)C(=O)NCc1cc(Br)ccc1F. The number of aliphatic carboxylic acids is 1. The molecule has 2 N–H and O–H groups in total. The normalized spacial score (nSPS) is 12.3. The van der Waals surface area contributed by atoms with Crippen LogP contribution in [-0.4, -0.2) is 17.0 Å². The molecule has 1 aromatic rings. The molecule has 1 atom stereocenters. The van der Waals surface area contributed by atoms with Gasteiger partial charge in [-0.2, -0.15) is 0 Å². The van der Waals surface area contributed by atoms with Crippen LogP contribution in [0.25, 0.3) is 0 Å². The summed E-state index contributed by atoms with van der Waals surface area (Å²) in [6.07, 6.45) is 0. The van der Waals surface area contributed by atoms with Crippen molar-refractivity contribution in [1.29, 1.82) is 0 Å². The van der Waals surface area contributed by atoms with Crippen LogP contribution in [0.15, 0.2) is 22.7 Å². The first kappa shape index (κ1) is 15.6. The number of amides is 1. The molecule has 0 saturated carbocycles. The molecule has 0 aromatic heterocycles. The van der Waals surface area contributed by atoms with E-state index in [0.717, 1.165) is 0 Å². The third-order valence-electron chi connectivity index (χ3n) is 2.68. The zero-order chi connectivity index (χ0) is 14.6. The quantitative estimate of drug-likeness (QED) is 0.815. The van der Waals surface area contributed by atoms with Crippen LogP contribution < -0.4 is 5.32 Å². The van der Waals surface area contributed by atoms with Crippen molar-refractivity contribution in [2.45, 2.75) is 20.4 Å². The van der Waals surface area contributed by atoms with Crippen LogP contribution in [0.5, 0.6) is 0 Å². The van der Waals surface area contributed by atoms with Gasteiger partial charge in [-0.3, -0.25) is 9.59 Å². The first-order valence-electron chi connectivity index (χ1n) is 5.77. The summed E-state index contributed by atoms with van der Waals surface area (Å²) in [7, 11) is 0. The van der Waals surface area contributed by atoms with E-state index in [1.165, 1.54) is 6.07 Å². The van der Waals surface area contributed by atoms with E-state index in [2.05, 4.69) is 21.2 Å². The molecule has 1 aromatic carbocycles. The number of benzene rings is 1. The van der Waals surface area contributed by atoms with Gasteiger partial charge in [0.2, 0.25) is 5.91 Å². The van der Waals surface area contributed by atoms with Crippen LogP contribution in [0.4, 0.5) is 4.39 Å². The lowest BCUT2D eigenvalue weighted by Gasteiger charge is -2.16. The summed E-state index contributed by atoms with van der Waals surface area (Å²) in [5.41, 5.74) is 0.301. The Bertz CT molecular complexity index is 491. The molecule has 0 fully saturated rings. The number of carbonyl (C=O) groups excluding carboxylic acids is 1. The van der Waals surface area contributed by atoms with Crippen molar-refractivity contribution in [1.82, 2.24) is 5.32 Å². The number of rotatable bonds is 5. The fourth-order valence-electron chi connectivity index (χ4n) is 1.67. The Hall–Kier alpha value is -1.43. The van der Waals surface area contributed by atoms with Gasteiger partial charge in [-0.1, -0.05) is 29.8 Å². The van der Waals surface area contributed by atoms with Gasteiger partial charge in [-0.15, -0.1) is 0 Å². The van der Waals surface area contributed by atoms with Gasteiger partial charge in [0.15, 0.2) is 0 Å². The van der Waals surface area contributed by atoms with E-state index in [9.17, 15) is 14.0 Å². The van der Waals surface area contributed by atoms with Gasteiger partial charge in [0.1, 0.15) is 11.7 Å². The average molecular weight is 332 g/mol. The van der Waals surface area contributed by atoms with Gasteiger partial charge < -0.3 is 10.4 Å². The highest BCUT2D eigenvalue weighted by molar-refractivity contribution is 9.10. The summed E-state index contributed by atoms with van der Waals surface area (Å²) in [5.74, 6) is -3.69. The highest BCUT2D eigenvalue weighted by atomic mass is 79.9. The smallest absolute Gasteiger partial charge is 0.316 e.